The molecule has 0 bridgehead atoms. The number of amides is 1. The summed E-state index contributed by atoms with van der Waals surface area (Å²) in [6.45, 7) is 0. The van der Waals surface area contributed by atoms with Crippen LogP contribution in [0.4, 0.5) is 0 Å². The first-order valence-electron chi connectivity index (χ1n) is 8.77. The molecule has 1 amide bonds. The second-order valence-electron chi connectivity index (χ2n) is 6.89. The van der Waals surface area contributed by atoms with Gasteiger partial charge in [-0.2, -0.15) is 0 Å². The molecule has 140 valence electrons. The van der Waals surface area contributed by atoms with Crippen molar-refractivity contribution in [1.29, 1.82) is 0 Å². The van der Waals surface area contributed by atoms with Gasteiger partial charge in [-0.1, -0.05) is 30.3 Å². The number of aromatic hydroxyl groups is 1. The van der Waals surface area contributed by atoms with Crippen LogP contribution in [-0.2, 0) is 9.53 Å². The number of likely N-dealkylation sites (tertiary alicyclic amines) is 1. The zero-order valence-electron chi connectivity index (χ0n) is 15.0. The van der Waals surface area contributed by atoms with Gasteiger partial charge in [-0.25, -0.2) is 15.6 Å². The molecule has 2 fully saturated rings. The molecule has 2 heterocycles. The zero-order valence-corrected chi connectivity index (χ0v) is 15.0. The monoisotopic (exact) mass is 367 g/mol. The number of fused-ring (bicyclic) bond motifs is 1. The van der Waals surface area contributed by atoms with E-state index in [-0.39, 0.29) is 35.7 Å². The van der Waals surface area contributed by atoms with Gasteiger partial charge in [0, 0.05) is 18.5 Å². The number of hydrazine groups is 1. The number of benzene rings is 2. The maximum atomic E-state index is 12.7. The second kappa shape index (κ2) is 6.68. The number of likely N-dealkylation sites (N-methyl/N-ethyl adjacent to an activating group) is 1. The number of hydrogen-bond donors (Lipinski definition) is 3. The highest BCUT2D eigenvalue weighted by Crippen LogP contribution is 2.47. The minimum absolute atomic E-state index is 0.00698. The largest absolute Gasteiger partial charge is 0.508 e. The van der Waals surface area contributed by atoms with Crippen molar-refractivity contribution in [1.82, 2.24) is 15.8 Å². The highest BCUT2D eigenvalue weighted by atomic mass is 16.5. The van der Waals surface area contributed by atoms with E-state index < -0.39 is 5.97 Å². The Morgan fingerprint density at radius 2 is 1.74 bits per heavy atom. The summed E-state index contributed by atoms with van der Waals surface area (Å²) in [6.07, 6.45) is 0. The Balaban J connectivity index is 1.72. The topological polar surface area (TPSA) is 90.9 Å². The molecule has 0 radical (unpaired) electrons. The van der Waals surface area contributed by atoms with Crippen LogP contribution in [0.25, 0.3) is 0 Å². The zero-order chi connectivity index (χ0) is 19.1. The summed E-state index contributed by atoms with van der Waals surface area (Å²) >= 11 is 0. The maximum Gasteiger partial charge on any atom is 0.337 e. The highest BCUT2D eigenvalue weighted by Gasteiger charge is 2.54. The summed E-state index contributed by atoms with van der Waals surface area (Å²) in [5.74, 6) is -0.321. The van der Waals surface area contributed by atoms with Crippen LogP contribution in [0.5, 0.6) is 5.75 Å². The van der Waals surface area contributed by atoms with Crippen LogP contribution >= 0.6 is 0 Å². The first kappa shape index (κ1) is 17.5. The normalized spacial score (nSPS) is 26.9. The molecule has 0 aromatic heterocycles. The molecule has 7 nitrogen and oxygen atoms in total. The van der Waals surface area contributed by atoms with Crippen LogP contribution in [0.3, 0.4) is 0 Å². The molecule has 2 saturated heterocycles. The Morgan fingerprint density at radius 3 is 2.41 bits per heavy atom. The number of esters is 1. The number of para-hydroxylation sites is 1. The van der Waals surface area contributed by atoms with Crippen molar-refractivity contribution in [2.24, 2.45) is 5.92 Å². The van der Waals surface area contributed by atoms with E-state index in [0.29, 0.717) is 5.56 Å². The number of carbonyl (C=O) groups is 2. The minimum Gasteiger partial charge on any atom is -0.508 e. The predicted octanol–water partition coefficient (Wildman–Crippen LogP) is 1.53. The smallest absolute Gasteiger partial charge is 0.337 e. The number of carbonyl (C=O) groups excluding carboxylic acids is 2. The summed E-state index contributed by atoms with van der Waals surface area (Å²) in [5, 5.41) is 10.3. The summed E-state index contributed by atoms with van der Waals surface area (Å²) in [6, 6.07) is 13.4. The maximum absolute atomic E-state index is 12.7. The Bertz CT molecular complexity index is 883. The van der Waals surface area contributed by atoms with Crippen LogP contribution in [0.1, 0.15) is 33.6 Å². The molecule has 4 unspecified atom stereocenters. The number of methoxy groups -OCH3 is 1. The van der Waals surface area contributed by atoms with Gasteiger partial charge in [0.1, 0.15) is 11.8 Å². The van der Waals surface area contributed by atoms with Gasteiger partial charge in [0.05, 0.1) is 24.8 Å². The van der Waals surface area contributed by atoms with Gasteiger partial charge in [0.2, 0.25) is 5.91 Å². The molecule has 2 aliphatic rings. The number of ether oxygens (including phenoxy) is 1. The molecule has 2 aromatic rings. The lowest BCUT2D eigenvalue weighted by Gasteiger charge is -2.29. The lowest BCUT2D eigenvalue weighted by molar-refractivity contribution is -0.129. The average molecular weight is 367 g/mol. The SMILES string of the molecule is COC(=O)c1ccc(C2C3C(NNC3c3ccccc3O)C(=O)N2C)cc1. The third-order valence-electron chi connectivity index (χ3n) is 5.50. The standard InChI is InChI=1S/C20H21N3O4/c1-23-18(11-7-9-12(10-8-11)20(26)27-2)15-16(21-22-17(15)19(23)25)13-5-3-4-6-14(13)24/h3-10,15-18,21-22,24H,1-2H3. The van der Waals surface area contributed by atoms with Crippen LogP contribution in [-0.4, -0.2) is 42.1 Å². The van der Waals surface area contributed by atoms with Gasteiger partial charge >= 0.3 is 5.97 Å². The van der Waals surface area contributed by atoms with E-state index in [1.165, 1.54) is 7.11 Å². The van der Waals surface area contributed by atoms with E-state index >= 15 is 0 Å². The molecule has 4 rings (SSSR count). The van der Waals surface area contributed by atoms with E-state index in [0.717, 1.165) is 11.1 Å². The molecule has 2 aliphatic heterocycles. The molecule has 27 heavy (non-hydrogen) atoms. The second-order valence-corrected chi connectivity index (χ2v) is 6.89. The molecule has 0 saturated carbocycles. The van der Waals surface area contributed by atoms with Gasteiger partial charge in [-0.15, -0.1) is 0 Å². The number of phenolic OH excluding ortho intramolecular Hbond substituents is 1. The van der Waals surface area contributed by atoms with Crippen molar-refractivity contribution in [2.45, 2.75) is 18.1 Å². The van der Waals surface area contributed by atoms with Gasteiger partial charge in [0.25, 0.3) is 0 Å². The van der Waals surface area contributed by atoms with Crippen LogP contribution in [0.15, 0.2) is 48.5 Å². The van der Waals surface area contributed by atoms with Crippen LogP contribution in [0.2, 0.25) is 0 Å². The van der Waals surface area contributed by atoms with Crippen LogP contribution in [0, 0.1) is 5.92 Å². The molecular weight excluding hydrogens is 346 g/mol. The first-order valence-corrected chi connectivity index (χ1v) is 8.77. The lowest BCUT2D eigenvalue weighted by atomic mass is 9.83. The first-order chi connectivity index (χ1) is 13.0. The Morgan fingerprint density at radius 1 is 1.07 bits per heavy atom. The van der Waals surface area contributed by atoms with E-state index in [2.05, 4.69) is 10.9 Å². The summed E-state index contributed by atoms with van der Waals surface area (Å²) < 4.78 is 4.75. The van der Waals surface area contributed by atoms with E-state index in [1.807, 2.05) is 24.3 Å². The highest BCUT2D eigenvalue weighted by molar-refractivity contribution is 5.89. The Kier molecular flexibility index (Phi) is 4.33. The third kappa shape index (κ3) is 2.75. The van der Waals surface area contributed by atoms with E-state index in [1.54, 1.807) is 36.2 Å². The molecule has 7 heteroatoms. The fraction of sp³-hybridized carbons (Fsp3) is 0.300. The molecule has 0 spiro atoms. The average Bonchev–Trinajstić information content (AvgIpc) is 3.21. The summed E-state index contributed by atoms with van der Waals surface area (Å²) in [5.41, 5.74) is 8.40. The van der Waals surface area contributed by atoms with Crippen LogP contribution < -0.4 is 10.9 Å². The predicted molar refractivity (Wildman–Crippen MR) is 97.7 cm³/mol. The van der Waals surface area contributed by atoms with Crippen molar-refractivity contribution in [3.05, 3.63) is 65.2 Å². The molecule has 0 aliphatic carbocycles. The van der Waals surface area contributed by atoms with Gasteiger partial charge in [0.15, 0.2) is 0 Å². The van der Waals surface area contributed by atoms with Gasteiger partial charge in [-0.05, 0) is 23.8 Å². The minimum atomic E-state index is -0.397. The number of nitrogens with zero attached hydrogens (tertiary/aromatic N) is 1. The van der Waals surface area contributed by atoms with Crippen molar-refractivity contribution in [2.75, 3.05) is 14.2 Å². The fourth-order valence-corrected chi connectivity index (χ4v) is 4.19. The summed E-state index contributed by atoms with van der Waals surface area (Å²) in [7, 11) is 3.13. The number of hydrogen-bond acceptors (Lipinski definition) is 6. The van der Waals surface area contributed by atoms with E-state index in [4.69, 9.17) is 4.74 Å². The fourth-order valence-electron chi connectivity index (χ4n) is 4.19. The van der Waals surface area contributed by atoms with Crippen molar-refractivity contribution < 1.29 is 19.4 Å². The van der Waals surface area contributed by atoms with Crippen molar-refractivity contribution in [3.63, 3.8) is 0 Å². The number of nitrogens with one attached hydrogen (secondary N) is 2. The molecule has 2 aromatic carbocycles. The number of rotatable bonds is 3. The molecular formula is C20H21N3O4. The lowest BCUT2D eigenvalue weighted by Crippen LogP contribution is -2.39. The third-order valence-corrected chi connectivity index (χ3v) is 5.50. The Labute approximate surface area is 156 Å². The van der Waals surface area contributed by atoms with E-state index in [9.17, 15) is 14.7 Å². The van der Waals surface area contributed by atoms with Gasteiger partial charge in [-0.3, -0.25) is 4.79 Å². The Hall–Kier alpha value is -2.90. The molecule has 4 atom stereocenters. The summed E-state index contributed by atoms with van der Waals surface area (Å²) in [4.78, 5) is 26.2. The quantitative estimate of drug-likeness (QED) is 0.713. The van der Waals surface area contributed by atoms with Crippen molar-refractivity contribution in [3.8, 4) is 5.75 Å². The van der Waals surface area contributed by atoms with Gasteiger partial charge < -0.3 is 14.7 Å². The molecule has 3 N–H and O–H groups in total. The number of phenols is 1. The van der Waals surface area contributed by atoms with Crippen molar-refractivity contribution >= 4 is 11.9 Å².